The average Bonchev–Trinajstić information content (AvgIpc) is 2.52. The second kappa shape index (κ2) is 6.36. The van der Waals surface area contributed by atoms with Gasteiger partial charge in [0.2, 0.25) is 10.0 Å². The molecule has 2 fully saturated rings. The Morgan fingerprint density at radius 2 is 1.77 bits per heavy atom. The van der Waals surface area contributed by atoms with Gasteiger partial charge in [-0.05, 0) is 12.1 Å². The monoisotopic (exact) mass is 324 g/mol. The maximum atomic E-state index is 12.3. The lowest BCUT2D eigenvalue weighted by molar-refractivity contribution is 0.0525. The van der Waals surface area contributed by atoms with Gasteiger partial charge in [-0.25, -0.2) is 8.42 Å². The molecule has 22 heavy (non-hydrogen) atoms. The van der Waals surface area contributed by atoms with E-state index < -0.39 is 10.0 Å². The standard InChI is InChI=1S/C15H20N2O4S/c18-15(14-4-2-1-3-5-14)16-10-13(11-16)12-22(19,20)17-6-8-21-9-7-17/h1-5,13H,6-12H2. The van der Waals surface area contributed by atoms with Crippen molar-refractivity contribution in [3.63, 3.8) is 0 Å². The Morgan fingerprint density at radius 3 is 2.41 bits per heavy atom. The molecule has 0 aromatic heterocycles. The van der Waals surface area contributed by atoms with E-state index in [4.69, 9.17) is 4.74 Å². The van der Waals surface area contributed by atoms with E-state index in [2.05, 4.69) is 0 Å². The van der Waals surface area contributed by atoms with Gasteiger partial charge in [0.05, 0.1) is 19.0 Å². The molecule has 0 bridgehead atoms. The van der Waals surface area contributed by atoms with Crippen molar-refractivity contribution in [2.24, 2.45) is 5.92 Å². The number of sulfonamides is 1. The van der Waals surface area contributed by atoms with Crippen LogP contribution in [0.25, 0.3) is 0 Å². The molecule has 6 nitrogen and oxygen atoms in total. The molecular formula is C15H20N2O4S. The number of hydrogen-bond donors (Lipinski definition) is 0. The molecule has 0 saturated carbocycles. The number of carbonyl (C=O) groups excluding carboxylic acids is 1. The van der Waals surface area contributed by atoms with Gasteiger partial charge in [-0.2, -0.15) is 4.31 Å². The van der Waals surface area contributed by atoms with Crippen LogP contribution >= 0.6 is 0 Å². The van der Waals surface area contributed by atoms with Crippen LogP contribution in [0.1, 0.15) is 10.4 Å². The summed E-state index contributed by atoms with van der Waals surface area (Å²) < 4.78 is 31.3. The molecule has 2 heterocycles. The maximum absolute atomic E-state index is 12.3. The van der Waals surface area contributed by atoms with Crippen LogP contribution in [-0.4, -0.2) is 68.7 Å². The molecule has 120 valence electrons. The first-order valence-corrected chi connectivity index (χ1v) is 9.07. The molecule has 2 saturated heterocycles. The Hall–Kier alpha value is -1.44. The summed E-state index contributed by atoms with van der Waals surface area (Å²) in [6.45, 7) is 2.81. The van der Waals surface area contributed by atoms with Crippen LogP contribution in [0.4, 0.5) is 0 Å². The Balaban J connectivity index is 1.52. The first-order chi connectivity index (χ1) is 10.6. The van der Waals surface area contributed by atoms with E-state index >= 15 is 0 Å². The largest absolute Gasteiger partial charge is 0.379 e. The Kier molecular flexibility index (Phi) is 4.46. The van der Waals surface area contributed by atoms with Gasteiger partial charge >= 0.3 is 0 Å². The zero-order valence-corrected chi connectivity index (χ0v) is 13.2. The number of morpholine rings is 1. The summed E-state index contributed by atoms with van der Waals surface area (Å²) in [5.41, 5.74) is 0.650. The van der Waals surface area contributed by atoms with Crippen molar-refractivity contribution in [3.05, 3.63) is 35.9 Å². The molecule has 2 aliphatic heterocycles. The van der Waals surface area contributed by atoms with Gasteiger partial charge in [0.1, 0.15) is 0 Å². The minimum absolute atomic E-state index is 0.0272. The molecule has 1 amide bonds. The molecule has 0 atom stereocenters. The highest BCUT2D eigenvalue weighted by atomic mass is 32.2. The van der Waals surface area contributed by atoms with Crippen LogP contribution in [0.3, 0.4) is 0 Å². The summed E-state index contributed by atoms with van der Waals surface area (Å²) in [7, 11) is -3.24. The number of nitrogens with zero attached hydrogens (tertiary/aromatic N) is 2. The van der Waals surface area contributed by atoms with E-state index in [1.807, 2.05) is 18.2 Å². The van der Waals surface area contributed by atoms with Gasteiger partial charge in [-0.1, -0.05) is 18.2 Å². The van der Waals surface area contributed by atoms with Crippen LogP contribution in [-0.2, 0) is 14.8 Å². The van der Waals surface area contributed by atoms with Crippen molar-refractivity contribution < 1.29 is 17.9 Å². The highest BCUT2D eigenvalue weighted by Crippen LogP contribution is 2.22. The summed E-state index contributed by atoms with van der Waals surface area (Å²) in [4.78, 5) is 13.9. The lowest BCUT2D eigenvalue weighted by atomic mass is 10.0. The van der Waals surface area contributed by atoms with Gasteiger partial charge in [0.15, 0.2) is 0 Å². The van der Waals surface area contributed by atoms with Crippen LogP contribution in [0, 0.1) is 5.92 Å². The second-order valence-corrected chi connectivity index (χ2v) is 7.75. The Morgan fingerprint density at radius 1 is 1.14 bits per heavy atom. The molecule has 0 N–H and O–H groups in total. The summed E-state index contributed by atoms with van der Waals surface area (Å²) in [5.74, 6) is 0.118. The molecular weight excluding hydrogens is 304 g/mol. The van der Waals surface area contributed by atoms with Crippen molar-refractivity contribution in [1.29, 1.82) is 0 Å². The third-order valence-corrected chi connectivity index (χ3v) is 6.12. The smallest absolute Gasteiger partial charge is 0.253 e. The van der Waals surface area contributed by atoms with Gasteiger partial charge in [-0.15, -0.1) is 0 Å². The van der Waals surface area contributed by atoms with Gasteiger partial charge in [0.25, 0.3) is 5.91 Å². The van der Waals surface area contributed by atoms with Crippen LogP contribution < -0.4 is 0 Å². The molecule has 0 unspecified atom stereocenters. The Bertz CT molecular complexity index is 620. The normalized spacial score (nSPS) is 20.6. The molecule has 1 aromatic carbocycles. The van der Waals surface area contributed by atoms with Crippen molar-refractivity contribution >= 4 is 15.9 Å². The minimum atomic E-state index is -3.24. The predicted octanol–water partition coefficient (Wildman–Crippen LogP) is 0.421. The van der Waals surface area contributed by atoms with E-state index in [0.29, 0.717) is 45.0 Å². The SMILES string of the molecule is O=C(c1ccccc1)N1CC(CS(=O)(=O)N2CCOCC2)C1. The van der Waals surface area contributed by atoms with Gasteiger partial charge in [-0.3, -0.25) is 4.79 Å². The maximum Gasteiger partial charge on any atom is 0.253 e. The van der Waals surface area contributed by atoms with Crippen molar-refractivity contribution in [1.82, 2.24) is 9.21 Å². The average molecular weight is 324 g/mol. The van der Waals surface area contributed by atoms with Crippen LogP contribution in [0.2, 0.25) is 0 Å². The summed E-state index contributed by atoms with van der Waals surface area (Å²) in [5, 5.41) is 0. The lowest BCUT2D eigenvalue weighted by Crippen LogP contribution is -2.54. The fraction of sp³-hybridized carbons (Fsp3) is 0.533. The fourth-order valence-corrected chi connectivity index (χ4v) is 4.56. The van der Waals surface area contributed by atoms with E-state index in [9.17, 15) is 13.2 Å². The number of carbonyl (C=O) groups is 1. The molecule has 0 aliphatic carbocycles. The first kappa shape index (κ1) is 15.5. The molecule has 1 aromatic rings. The third kappa shape index (κ3) is 3.31. The van der Waals surface area contributed by atoms with Gasteiger partial charge in [0, 0.05) is 37.7 Å². The topological polar surface area (TPSA) is 66.9 Å². The lowest BCUT2D eigenvalue weighted by Gasteiger charge is -2.40. The van der Waals surface area contributed by atoms with Gasteiger partial charge < -0.3 is 9.64 Å². The molecule has 2 aliphatic rings. The molecule has 3 rings (SSSR count). The summed E-state index contributed by atoms with van der Waals surface area (Å²) in [6.07, 6.45) is 0. The van der Waals surface area contributed by atoms with E-state index in [1.54, 1.807) is 17.0 Å². The zero-order valence-electron chi connectivity index (χ0n) is 12.3. The van der Waals surface area contributed by atoms with Crippen LogP contribution in [0.5, 0.6) is 0 Å². The number of amides is 1. The number of rotatable bonds is 4. The first-order valence-electron chi connectivity index (χ1n) is 7.46. The Labute approximate surface area is 130 Å². The quantitative estimate of drug-likeness (QED) is 0.805. The minimum Gasteiger partial charge on any atom is -0.379 e. The van der Waals surface area contributed by atoms with E-state index in [0.717, 1.165) is 0 Å². The number of benzene rings is 1. The third-order valence-electron chi connectivity index (χ3n) is 4.07. The van der Waals surface area contributed by atoms with E-state index in [1.165, 1.54) is 4.31 Å². The zero-order chi connectivity index (χ0) is 15.6. The summed E-state index contributed by atoms with van der Waals surface area (Å²) in [6, 6.07) is 9.08. The number of ether oxygens (including phenoxy) is 1. The van der Waals surface area contributed by atoms with Crippen LogP contribution in [0.15, 0.2) is 30.3 Å². The highest BCUT2D eigenvalue weighted by Gasteiger charge is 2.36. The summed E-state index contributed by atoms with van der Waals surface area (Å²) >= 11 is 0. The highest BCUT2D eigenvalue weighted by molar-refractivity contribution is 7.89. The molecule has 7 heteroatoms. The molecule has 0 spiro atoms. The predicted molar refractivity (Wildman–Crippen MR) is 82.0 cm³/mol. The van der Waals surface area contributed by atoms with Crippen molar-refractivity contribution in [2.45, 2.75) is 0 Å². The fourth-order valence-electron chi connectivity index (χ4n) is 2.83. The number of hydrogen-bond acceptors (Lipinski definition) is 4. The second-order valence-electron chi connectivity index (χ2n) is 5.73. The van der Waals surface area contributed by atoms with E-state index in [-0.39, 0.29) is 17.6 Å². The van der Waals surface area contributed by atoms with Crippen molar-refractivity contribution in [3.8, 4) is 0 Å². The number of likely N-dealkylation sites (tertiary alicyclic amines) is 1. The van der Waals surface area contributed by atoms with Crippen molar-refractivity contribution in [2.75, 3.05) is 45.1 Å². The molecule has 0 radical (unpaired) electrons.